The van der Waals surface area contributed by atoms with Gasteiger partial charge in [-0.05, 0) is 17.2 Å². The van der Waals surface area contributed by atoms with Crippen molar-refractivity contribution >= 4 is 5.69 Å². The Balaban J connectivity index is 1.73. The van der Waals surface area contributed by atoms with Crippen molar-refractivity contribution in [3.8, 4) is 11.1 Å². The molecule has 0 amide bonds. The summed E-state index contributed by atoms with van der Waals surface area (Å²) in [6.07, 6.45) is -0.457. The molecule has 1 N–H and O–H groups in total. The number of para-hydroxylation sites is 1. The monoisotopic (exact) mass is 326 g/mol. The summed E-state index contributed by atoms with van der Waals surface area (Å²) in [5.74, 6) is 0. The average molecular weight is 326 g/mol. The van der Waals surface area contributed by atoms with Crippen LogP contribution >= 0.6 is 0 Å². The third kappa shape index (κ3) is 3.96. The van der Waals surface area contributed by atoms with Gasteiger partial charge in [-0.25, -0.2) is 0 Å². The zero-order valence-electron chi connectivity index (χ0n) is 14.5. The molecule has 1 unspecified atom stereocenters. The van der Waals surface area contributed by atoms with Crippen molar-refractivity contribution in [2.75, 3.05) is 51.8 Å². The summed E-state index contributed by atoms with van der Waals surface area (Å²) in [7, 11) is 4.11. The molecular formula is C20H26N2O2. The quantitative estimate of drug-likeness (QED) is 0.916. The number of aliphatic hydroxyl groups excluding tert-OH is 1. The number of ether oxygens (including phenoxy) is 1. The molecule has 0 aliphatic carbocycles. The van der Waals surface area contributed by atoms with Crippen molar-refractivity contribution in [1.82, 2.24) is 4.90 Å². The minimum atomic E-state index is -0.457. The molecule has 0 aromatic heterocycles. The summed E-state index contributed by atoms with van der Waals surface area (Å²) >= 11 is 0. The first-order chi connectivity index (χ1) is 11.6. The van der Waals surface area contributed by atoms with Crippen LogP contribution in [0.25, 0.3) is 11.1 Å². The van der Waals surface area contributed by atoms with E-state index < -0.39 is 6.10 Å². The number of rotatable bonds is 5. The molecule has 1 atom stereocenters. The lowest BCUT2D eigenvalue weighted by atomic mass is 10.00. The van der Waals surface area contributed by atoms with Crippen LogP contribution in [0.1, 0.15) is 11.7 Å². The van der Waals surface area contributed by atoms with Crippen LogP contribution in [0.3, 0.4) is 0 Å². The number of nitrogens with zero attached hydrogens (tertiary/aromatic N) is 2. The van der Waals surface area contributed by atoms with E-state index in [1.807, 2.05) is 12.1 Å². The normalized spacial score (nSPS) is 16.8. The number of β-amino-alcohol motifs (C(OH)–C–C–N with tert-alkyl or cyclic N) is 1. The van der Waals surface area contributed by atoms with Gasteiger partial charge in [-0.2, -0.15) is 0 Å². The predicted molar refractivity (Wildman–Crippen MR) is 98.4 cm³/mol. The lowest BCUT2D eigenvalue weighted by molar-refractivity contribution is 0.0143. The van der Waals surface area contributed by atoms with Gasteiger partial charge in [-0.1, -0.05) is 42.5 Å². The lowest BCUT2D eigenvalue weighted by Crippen LogP contribution is -2.38. The van der Waals surface area contributed by atoms with Crippen LogP contribution in [0.15, 0.2) is 48.5 Å². The van der Waals surface area contributed by atoms with Crippen LogP contribution in [0.2, 0.25) is 0 Å². The Morgan fingerprint density at radius 3 is 2.38 bits per heavy atom. The van der Waals surface area contributed by atoms with Crippen LogP contribution in [-0.4, -0.2) is 56.9 Å². The van der Waals surface area contributed by atoms with Crippen LogP contribution < -0.4 is 4.90 Å². The lowest BCUT2D eigenvalue weighted by Gasteiger charge is -2.28. The molecule has 2 aromatic carbocycles. The molecule has 1 heterocycles. The van der Waals surface area contributed by atoms with Crippen LogP contribution in [0.4, 0.5) is 5.69 Å². The number of anilines is 1. The molecule has 1 aliphatic heterocycles. The fourth-order valence-electron chi connectivity index (χ4n) is 3.13. The molecular weight excluding hydrogens is 300 g/mol. The Kier molecular flexibility index (Phi) is 5.51. The van der Waals surface area contributed by atoms with Crippen molar-refractivity contribution in [2.45, 2.75) is 6.10 Å². The van der Waals surface area contributed by atoms with Gasteiger partial charge in [-0.3, -0.25) is 4.90 Å². The molecule has 24 heavy (non-hydrogen) atoms. The van der Waals surface area contributed by atoms with Crippen LogP contribution in [-0.2, 0) is 4.74 Å². The van der Waals surface area contributed by atoms with E-state index in [4.69, 9.17) is 4.74 Å². The number of benzene rings is 2. The van der Waals surface area contributed by atoms with E-state index >= 15 is 0 Å². The van der Waals surface area contributed by atoms with Gasteiger partial charge in [0.25, 0.3) is 0 Å². The summed E-state index contributed by atoms with van der Waals surface area (Å²) < 4.78 is 5.35. The molecule has 0 spiro atoms. The van der Waals surface area contributed by atoms with Gasteiger partial charge in [0.05, 0.1) is 19.3 Å². The third-order valence-electron chi connectivity index (χ3n) is 4.53. The summed E-state index contributed by atoms with van der Waals surface area (Å²) in [6.45, 7) is 3.97. The molecule has 0 saturated carbocycles. The Morgan fingerprint density at radius 1 is 1.04 bits per heavy atom. The molecule has 2 aromatic rings. The Labute approximate surface area is 144 Å². The molecule has 1 aliphatic rings. The first-order valence-electron chi connectivity index (χ1n) is 8.50. The minimum absolute atomic E-state index is 0.457. The summed E-state index contributed by atoms with van der Waals surface area (Å²) in [5.41, 5.74) is 4.53. The third-order valence-corrected chi connectivity index (χ3v) is 4.53. The highest BCUT2D eigenvalue weighted by Crippen LogP contribution is 2.30. The number of aliphatic hydroxyl groups is 1. The number of morpholine rings is 1. The second-order valence-electron chi connectivity index (χ2n) is 6.46. The van der Waals surface area contributed by atoms with E-state index in [-0.39, 0.29) is 0 Å². The maximum atomic E-state index is 10.5. The van der Waals surface area contributed by atoms with Crippen molar-refractivity contribution < 1.29 is 9.84 Å². The van der Waals surface area contributed by atoms with Gasteiger partial charge in [0.15, 0.2) is 0 Å². The molecule has 4 nitrogen and oxygen atoms in total. The molecule has 4 heteroatoms. The molecule has 3 rings (SSSR count). The van der Waals surface area contributed by atoms with E-state index in [0.29, 0.717) is 6.54 Å². The van der Waals surface area contributed by atoms with Crippen molar-refractivity contribution in [3.05, 3.63) is 54.1 Å². The Hall–Kier alpha value is -1.88. The molecule has 0 bridgehead atoms. The van der Waals surface area contributed by atoms with Gasteiger partial charge in [0.1, 0.15) is 0 Å². The first kappa shape index (κ1) is 17.0. The van der Waals surface area contributed by atoms with Gasteiger partial charge < -0.3 is 14.7 Å². The highest BCUT2D eigenvalue weighted by molar-refractivity contribution is 5.78. The minimum Gasteiger partial charge on any atom is -0.387 e. The first-order valence-corrected chi connectivity index (χ1v) is 8.50. The number of hydrogen-bond donors (Lipinski definition) is 1. The average Bonchev–Trinajstić information content (AvgIpc) is 2.62. The van der Waals surface area contributed by atoms with Crippen molar-refractivity contribution in [3.63, 3.8) is 0 Å². The molecule has 128 valence electrons. The summed E-state index contributed by atoms with van der Waals surface area (Å²) in [4.78, 5) is 4.37. The molecule has 1 fully saturated rings. The Morgan fingerprint density at radius 2 is 1.71 bits per heavy atom. The number of hydrogen-bond acceptors (Lipinski definition) is 4. The van der Waals surface area contributed by atoms with E-state index in [9.17, 15) is 5.11 Å². The van der Waals surface area contributed by atoms with E-state index in [0.717, 1.165) is 31.9 Å². The van der Waals surface area contributed by atoms with Gasteiger partial charge in [0, 0.05) is 45.0 Å². The summed E-state index contributed by atoms with van der Waals surface area (Å²) in [5, 5.41) is 10.5. The maximum absolute atomic E-state index is 10.5. The standard InChI is InChI=1S/C20H26N2O2/c1-21(2)19-6-4-3-5-18(19)16-7-9-17(10-8-16)20(23)15-22-11-13-24-14-12-22/h3-10,20,23H,11-15H2,1-2H3. The van der Waals surface area contributed by atoms with E-state index in [1.165, 1.54) is 16.8 Å². The zero-order chi connectivity index (χ0) is 16.9. The summed E-state index contributed by atoms with van der Waals surface area (Å²) in [6, 6.07) is 16.6. The second kappa shape index (κ2) is 7.79. The van der Waals surface area contributed by atoms with Gasteiger partial charge in [0.2, 0.25) is 0 Å². The van der Waals surface area contributed by atoms with Crippen molar-refractivity contribution in [1.29, 1.82) is 0 Å². The van der Waals surface area contributed by atoms with E-state index in [2.05, 4.69) is 60.3 Å². The van der Waals surface area contributed by atoms with Gasteiger partial charge >= 0.3 is 0 Å². The van der Waals surface area contributed by atoms with Crippen molar-refractivity contribution in [2.24, 2.45) is 0 Å². The van der Waals surface area contributed by atoms with Crippen LogP contribution in [0, 0.1) is 0 Å². The predicted octanol–water partition coefficient (Wildman–Crippen LogP) is 2.79. The Bertz CT molecular complexity index is 649. The maximum Gasteiger partial charge on any atom is 0.0916 e. The topological polar surface area (TPSA) is 35.9 Å². The largest absolute Gasteiger partial charge is 0.387 e. The second-order valence-corrected chi connectivity index (χ2v) is 6.46. The van der Waals surface area contributed by atoms with Crippen LogP contribution in [0.5, 0.6) is 0 Å². The SMILES string of the molecule is CN(C)c1ccccc1-c1ccc(C(O)CN2CCOCC2)cc1. The molecule has 0 radical (unpaired) electrons. The highest BCUT2D eigenvalue weighted by Gasteiger charge is 2.16. The highest BCUT2D eigenvalue weighted by atomic mass is 16.5. The fraction of sp³-hybridized carbons (Fsp3) is 0.400. The van der Waals surface area contributed by atoms with E-state index in [1.54, 1.807) is 0 Å². The molecule has 1 saturated heterocycles. The zero-order valence-corrected chi connectivity index (χ0v) is 14.5. The fourth-order valence-corrected chi connectivity index (χ4v) is 3.13. The smallest absolute Gasteiger partial charge is 0.0916 e. The van der Waals surface area contributed by atoms with Gasteiger partial charge in [-0.15, -0.1) is 0 Å².